The molecule has 0 aliphatic carbocycles. The second-order valence-electron chi connectivity index (χ2n) is 7.29. The molecule has 0 saturated carbocycles. The van der Waals surface area contributed by atoms with Crippen LogP contribution >= 0.6 is 21.6 Å². The van der Waals surface area contributed by atoms with Crippen LogP contribution in [0.2, 0.25) is 0 Å². The molecular formula is C16H33N2O3S3+. The SMILES string of the molecule is C[N+](C)(CCCS(C)(=O)=O)CCNC(=O)CCCCC1CCSS1. The smallest absolute Gasteiger partial charge is 0.220 e. The number of quaternary nitrogens is 1. The molecule has 1 aliphatic rings. The lowest BCUT2D eigenvalue weighted by atomic mass is 10.1. The third-order valence-electron chi connectivity index (χ3n) is 4.23. The molecule has 1 saturated heterocycles. The molecular weight excluding hydrogens is 364 g/mol. The molecule has 0 spiro atoms. The first-order chi connectivity index (χ1) is 11.2. The molecule has 5 nitrogen and oxygen atoms in total. The van der Waals surface area contributed by atoms with Crippen molar-refractivity contribution in [2.45, 2.75) is 43.8 Å². The standard InChI is InChI=1S/C16H32N2O3S3/c1-18(2,11-6-14-24(3,20)21)12-10-17-16(19)8-5-4-7-15-9-13-22-23-15/h15H,4-14H2,1-3H3/p+1. The van der Waals surface area contributed by atoms with Crippen molar-refractivity contribution in [2.24, 2.45) is 0 Å². The molecule has 1 fully saturated rings. The van der Waals surface area contributed by atoms with E-state index in [2.05, 4.69) is 19.4 Å². The van der Waals surface area contributed by atoms with Crippen molar-refractivity contribution in [3.05, 3.63) is 0 Å². The first-order valence-corrected chi connectivity index (χ1v) is 13.2. The van der Waals surface area contributed by atoms with Gasteiger partial charge in [-0.2, -0.15) is 0 Å². The number of likely N-dealkylation sites (N-methyl/N-ethyl adjacent to an activating group) is 1. The molecule has 0 radical (unpaired) electrons. The Morgan fingerprint density at radius 3 is 2.58 bits per heavy atom. The third kappa shape index (κ3) is 11.6. The molecule has 1 amide bonds. The summed E-state index contributed by atoms with van der Waals surface area (Å²) in [5, 5.41) is 3.79. The van der Waals surface area contributed by atoms with E-state index in [9.17, 15) is 13.2 Å². The molecule has 1 atom stereocenters. The largest absolute Gasteiger partial charge is 0.350 e. The van der Waals surface area contributed by atoms with Gasteiger partial charge in [0.15, 0.2) is 0 Å². The van der Waals surface area contributed by atoms with Crippen LogP contribution in [-0.2, 0) is 14.6 Å². The van der Waals surface area contributed by atoms with Crippen LogP contribution in [0, 0.1) is 0 Å². The van der Waals surface area contributed by atoms with Gasteiger partial charge < -0.3 is 9.80 Å². The predicted molar refractivity (Wildman–Crippen MR) is 106 cm³/mol. The zero-order valence-corrected chi connectivity index (χ0v) is 17.7. The van der Waals surface area contributed by atoms with Crippen LogP contribution in [0.5, 0.6) is 0 Å². The summed E-state index contributed by atoms with van der Waals surface area (Å²) in [5.41, 5.74) is 0. The number of carbonyl (C=O) groups excluding carboxylic acids is 1. The molecule has 8 heteroatoms. The highest BCUT2D eigenvalue weighted by Gasteiger charge is 2.17. The summed E-state index contributed by atoms with van der Waals surface area (Å²) in [6.45, 7) is 2.28. The summed E-state index contributed by atoms with van der Waals surface area (Å²) >= 11 is 0. The Morgan fingerprint density at radius 2 is 1.96 bits per heavy atom. The van der Waals surface area contributed by atoms with Crippen LogP contribution in [0.15, 0.2) is 0 Å². The number of hydrogen-bond acceptors (Lipinski definition) is 5. The van der Waals surface area contributed by atoms with E-state index in [0.717, 1.165) is 35.7 Å². The Kier molecular flexibility index (Phi) is 10.1. The van der Waals surface area contributed by atoms with E-state index in [0.29, 0.717) is 19.4 Å². The number of hydrogen-bond donors (Lipinski definition) is 1. The van der Waals surface area contributed by atoms with Gasteiger partial charge in [0, 0.05) is 30.1 Å². The summed E-state index contributed by atoms with van der Waals surface area (Å²) in [6.07, 6.45) is 7.21. The summed E-state index contributed by atoms with van der Waals surface area (Å²) in [5.74, 6) is 1.65. The lowest BCUT2D eigenvalue weighted by Crippen LogP contribution is -2.46. The summed E-state index contributed by atoms with van der Waals surface area (Å²) in [7, 11) is 5.24. The van der Waals surface area contributed by atoms with Gasteiger partial charge in [-0.3, -0.25) is 4.79 Å². The minimum atomic E-state index is -2.88. The molecule has 1 N–H and O–H groups in total. The molecule has 24 heavy (non-hydrogen) atoms. The molecule has 1 rings (SSSR count). The molecule has 0 aromatic rings. The van der Waals surface area contributed by atoms with Gasteiger partial charge in [-0.15, -0.1) is 0 Å². The Morgan fingerprint density at radius 1 is 1.21 bits per heavy atom. The highest BCUT2D eigenvalue weighted by atomic mass is 33.1. The van der Waals surface area contributed by atoms with E-state index in [-0.39, 0.29) is 11.7 Å². The van der Waals surface area contributed by atoms with E-state index < -0.39 is 9.84 Å². The number of rotatable bonds is 12. The summed E-state index contributed by atoms with van der Waals surface area (Å²) in [6, 6.07) is 0. The Bertz CT molecular complexity index is 475. The Labute approximate surface area is 155 Å². The fourth-order valence-electron chi connectivity index (χ4n) is 2.67. The molecule has 0 aromatic carbocycles. The van der Waals surface area contributed by atoms with E-state index >= 15 is 0 Å². The van der Waals surface area contributed by atoms with Crippen LogP contribution in [0.4, 0.5) is 0 Å². The zero-order chi connectivity index (χ0) is 18.1. The number of nitrogens with one attached hydrogen (secondary N) is 1. The van der Waals surface area contributed by atoms with Gasteiger partial charge in [-0.1, -0.05) is 28.0 Å². The number of sulfone groups is 1. The summed E-state index contributed by atoms with van der Waals surface area (Å²) in [4.78, 5) is 11.9. The fourth-order valence-corrected chi connectivity index (χ4v) is 6.36. The maximum Gasteiger partial charge on any atom is 0.220 e. The van der Waals surface area contributed by atoms with Crippen molar-refractivity contribution >= 4 is 37.3 Å². The van der Waals surface area contributed by atoms with E-state index in [1.807, 2.05) is 21.6 Å². The lowest BCUT2D eigenvalue weighted by molar-refractivity contribution is -0.889. The first kappa shape index (κ1) is 22.1. The van der Waals surface area contributed by atoms with Gasteiger partial charge in [-0.05, 0) is 19.3 Å². The first-order valence-electron chi connectivity index (χ1n) is 8.73. The van der Waals surface area contributed by atoms with Crippen molar-refractivity contribution in [3.8, 4) is 0 Å². The maximum atomic E-state index is 11.9. The van der Waals surface area contributed by atoms with Crippen LogP contribution in [-0.4, -0.2) is 75.5 Å². The monoisotopic (exact) mass is 397 g/mol. The summed E-state index contributed by atoms with van der Waals surface area (Å²) < 4.78 is 23.1. The van der Waals surface area contributed by atoms with Gasteiger partial charge in [-0.25, -0.2) is 8.42 Å². The lowest BCUT2D eigenvalue weighted by Gasteiger charge is -2.29. The highest BCUT2D eigenvalue weighted by molar-refractivity contribution is 8.77. The van der Waals surface area contributed by atoms with E-state index in [1.165, 1.54) is 24.9 Å². The van der Waals surface area contributed by atoms with Crippen molar-refractivity contribution in [2.75, 3.05) is 51.5 Å². The van der Waals surface area contributed by atoms with Crippen molar-refractivity contribution in [3.63, 3.8) is 0 Å². The molecule has 0 aromatic heterocycles. The van der Waals surface area contributed by atoms with Crippen LogP contribution in [0.3, 0.4) is 0 Å². The minimum absolute atomic E-state index is 0.139. The maximum absolute atomic E-state index is 11.9. The number of nitrogens with zero attached hydrogens (tertiary/aromatic N) is 1. The van der Waals surface area contributed by atoms with Gasteiger partial charge >= 0.3 is 0 Å². The molecule has 1 aliphatic heterocycles. The number of carbonyl (C=O) groups is 1. The topological polar surface area (TPSA) is 63.2 Å². The highest BCUT2D eigenvalue weighted by Crippen LogP contribution is 2.39. The number of amides is 1. The molecule has 142 valence electrons. The fraction of sp³-hybridized carbons (Fsp3) is 0.938. The van der Waals surface area contributed by atoms with Crippen molar-refractivity contribution in [1.29, 1.82) is 0 Å². The van der Waals surface area contributed by atoms with Crippen LogP contribution in [0.25, 0.3) is 0 Å². The zero-order valence-electron chi connectivity index (χ0n) is 15.3. The predicted octanol–water partition coefficient (Wildman–Crippen LogP) is 2.33. The Hall–Kier alpha value is 0.0800. The minimum Gasteiger partial charge on any atom is -0.350 e. The van der Waals surface area contributed by atoms with Crippen molar-refractivity contribution < 1.29 is 17.7 Å². The Balaban J connectivity index is 2.04. The third-order valence-corrected chi connectivity index (χ3v) is 8.26. The second kappa shape index (κ2) is 10.9. The van der Waals surface area contributed by atoms with Crippen molar-refractivity contribution in [1.82, 2.24) is 5.32 Å². The van der Waals surface area contributed by atoms with E-state index in [1.54, 1.807) is 0 Å². The molecule has 0 bridgehead atoms. The van der Waals surface area contributed by atoms with Crippen LogP contribution < -0.4 is 5.32 Å². The second-order valence-corrected chi connectivity index (χ2v) is 12.3. The average molecular weight is 398 g/mol. The quantitative estimate of drug-likeness (QED) is 0.311. The van der Waals surface area contributed by atoms with Gasteiger partial charge in [0.25, 0.3) is 0 Å². The van der Waals surface area contributed by atoms with Gasteiger partial charge in [0.1, 0.15) is 9.84 Å². The molecule has 1 heterocycles. The average Bonchev–Trinajstić information content (AvgIpc) is 2.95. The van der Waals surface area contributed by atoms with Crippen LogP contribution in [0.1, 0.15) is 38.5 Å². The normalized spacial score (nSPS) is 18.7. The molecule has 1 unspecified atom stereocenters. The number of unbranched alkanes of at least 4 members (excludes halogenated alkanes) is 1. The van der Waals surface area contributed by atoms with Gasteiger partial charge in [0.2, 0.25) is 5.91 Å². The van der Waals surface area contributed by atoms with Gasteiger partial charge in [0.05, 0.1) is 39.5 Å². The van der Waals surface area contributed by atoms with E-state index in [4.69, 9.17) is 0 Å².